The molecular formula is C20H20FN5OS. The number of rotatable bonds is 4. The third kappa shape index (κ3) is 3.47. The zero-order chi connectivity index (χ0) is 19.7. The monoisotopic (exact) mass is 397 g/mol. The number of nitrogens with two attached hydrogens (primary N) is 1. The number of amides is 1. The largest absolute Gasteiger partial charge is 0.337 e. The third-order valence-electron chi connectivity index (χ3n) is 4.85. The number of benzene rings is 2. The van der Waals surface area contributed by atoms with Crippen molar-refractivity contribution in [3.8, 4) is 11.4 Å². The molecule has 8 heteroatoms. The molecule has 0 spiro atoms. The lowest BCUT2D eigenvalue weighted by Crippen LogP contribution is -2.40. The van der Waals surface area contributed by atoms with Crippen LogP contribution in [0, 0.1) is 5.82 Å². The molecule has 0 saturated carbocycles. The van der Waals surface area contributed by atoms with Crippen molar-refractivity contribution >= 4 is 17.7 Å². The molecule has 1 aliphatic rings. The molecule has 1 atom stereocenters. The number of thioether (sulfide) groups is 1. The van der Waals surface area contributed by atoms with E-state index in [-0.39, 0.29) is 22.5 Å². The van der Waals surface area contributed by atoms with Crippen LogP contribution in [0.15, 0.2) is 53.7 Å². The first-order valence-corrected chi connectivity index (χ1v) is 9.90. The smallest absolute Gasteiger partial charge is 0.236 e. The second-order valence-corrected chi connectivity index (χ2v) is 8.00. The maximum Gasteiger partial charge on any atom is 0.236 e. The standard InChI is InChI=1S/C20H20FN5OS/c1-13(19(27)25-11-10-14-6-2-3-7-15(14)12-25)28-20-24-23-18(26(20)22)16-8-4-5-9-17(16)21/h2-9,13H,10-12,22H2,1H3/t13-/m0/s1. The molecule has 2 N–H and O–H groups in total. The number of hydrogen-bond donors (Lipinski definition) is 1. The van der Waals surface area contributed by atoms with Crippen LogP contribution in [0.3, 0.4) is 0 Å². The molecule has 1 aromatic heterocycles. The lowest BCUT2D eigenvalue weighted by Gasteiger charge is -2.30. The lowest BCUT2D eigenvalue weighted by atomic mass is 10.00. The molecule has 0 bridgehead atoms. The van der Waals surface area contributed by atoms with Gasteiger partial charge in [0.2, 0.25) is 11.1 Å². The van der Waals surface area contributed by atoms with Crippen LogP contribution in [-0.2, 0) is 17.8 Å². The van der Waals surface area contributed by atoms with E-state index in [1.807, 2.05) is 24.0 Å². The summed E-state index contributed by atoms with van der Waals surface area (Å²) in [4.78, 5) is 14.8. The maximum atomic E-state index is 14.0. The Balaban J connectivity index is 1.48. The molecule has 0 aliphatic carbocycles. The number of carbonyl (C=O) groups is 1. The van der Waals surface area contributed by atoms with Gasteiger partial charge in [-0.05, 0) is 36.6 Å². The van der Waals surface area contributed by atoms with Gasteiger partial charge in [0.15, 0.2) is 5.82 Å². The molecule has 1 amide bonds. The molecule has 0 radical (unpaired) electrons. The van der Waals surface area contributed by atoms with Gasteiger partial charge in [-0.3, -0.25) is 4.79 Å². The first kappa shape index (κ1) is 18.5. The van der Waals surface area contributed by atoms with Crippen LogP contribution in [0.25, 0.3) is 11.4 Å². The highest BCUT2D eigenvalue weighted by atomic mass is 32.2. The molecule has 144 valence electrons. The highest BCUT2D eigenvalue weighted by molar-refractivity contribution is 8.00. The molecule has 6 nitrogen and oxygen atoms in total. The second kappa shape index (κ2) is 7.63. The van der Waals surface area contributed by atoms with Crippen molar-refractivity contribution in [1.82, 2.24) is 19.8 Å². The number of nitrogen functional groups attached to an aromatic ring is 1. The van der Waals surface area contributed by atoms with Crippen LogP contribution in [0.4, 0.5) is 4.39 Å². The zero-order valence-corrected chi connectivity index (χ0v) is 16.2. The van der Waals surface area contributed by atoms with Crippen LogP contribution in [0.2, 0.25) is 0 Å². The molecule has 0 saturated heterocycles. The fraction of sp³-hybridized carbons (Fsp3) is 0.250. The first-order valence-electron chi connectivity index (χ1n) is 9.02. The summed E-state index contributed by atoms with van der Waals surface area (Å²) in [6, 6.07) is 14.4. The van der Waals surface area contributed by atoms with E-state index in [0.29, 0.717) is 18.2 Å². The zero-order valence-electron chi connectivity index (χ0n) is 15.4. The van der Waals surface area contributed by atoms with E-state index in [1.54, 1.807) is 18.2 Å². The molecule has 2 aromatic carbocycles. The number of halogens is 1. The maximum absolute atomic E-state index is 14.0. The van der Waals surface area contributed by atoms with Gasteiger partial charge in [-0.15, -0.1) is 10.2 Å². The van der Waals surface area contributed by atoms with Gasteiger partial charge >= 0.3 is 0 Å². The molecule has 3 aromatic rings. The topological polar surface area (TPSA) is 77.0 Å². The van der Waals surface area contributed by atoms with E-state index in [9.17, 15) is 9.18 Å². The number of hydrogen-bond acceptors (Lipinski definition) is 5. The highest BCUT2D eigenvalue weighted by Gasteiger charge is 2.27. The summed E-state index contributed by atoms with van der Waals surface area (Å²) >= 11 is 1.23. The van der Waals surface area contributed by atoms with E-state index in [2.05, 4.69) is 22.3 Å². The van der Waals surface area contributed by atoms with Gasteiger partial charge in [-0.2, -0.15) is 0 Å². The third-order valence-corrected chi connectivity index (χ3v) is 5.90. The molecule has 0 fully saturated rings. The molecule has 28 heavy (non-hydrogen) atoms. The van der Waals surface area contributed by atoms with Crippen LogP contribution >= 0.6 is 11.8 Å². The average molecular weight is 397 g/mol. The average Bonchev–Trinajstić information content (AvgIpc) is 3.07. The number of fused-ring (bicyclic) bond motifs is 1. The Bertz CT molecular complexity index is 1020. The van der Waals surface area contributed by atoms with E-state index in [0.717, 1.165) is 6.42 Å². The van der Waals surface area contributed by atoms with E-state index in [1.165, 1.54) is 33.6 Å². The van der Waals surface area contributed by atoms with Crippen molar-refractivity contribution in [2.24, 2.45) is 0 Å². The summed E-state index contributed by atoms with van der Waals surface area (Å²) in [5.41, 5.74) is 2.75. The number of carbonyl (C=O) groups excluding carboxylic acids is 1. The van der Waals surface area contributed by atoms with Gasteiger partial charge in [0.1, 0.15) is 5.82 Å². The van der Waals surface area contributed by atoms with Gasteiger partial charge in [-0.1, -0.05) is 48.2 Å². The fourth-order valence-electron chi connectivity index (χ4n) is 3.33. The van der Waals surface area contributed by atoms with Crippen molar-refractivity contribution < 1.29 is 9.18 Å². The summed E-state index contributed by atoms with van der Waals surface area (Å²) in [5, 5.41) is 8.04. The van der Waals surface area contributed by atoms with Crippen molar-refractivity contribution in [2.75, 3.05) is 12.4 Å². The summed E-state index contributed by atoms with van der Waals surface area (Å²) in [6.07, 6.45) is 0.851. The van der Waals surface area contributed by atoms with E-state index < -0.39 is 5.82 Å². The minimum atomic E-state index is -0.422. The highest BCUT2D eigenvalue weighted by Crippen LogP contribution is 2.28. The first-order chi connectivity index (χ1) is 13.5. The van der Waals surface area contributed by atoms with Gasteiger partial charge in [0, 0.05) is 13.1 Å². The van der Waals surface area contributed by atoms with Crippen molar-refractivity contribution in [3.05, 3.63) is 65.5 Å². The van der Waals surface area contributed by atoms with E-state index >= 15 is 0 Å². The van der Waals surface area contributed by atoms with E-state index in [4.69, 9.17) is 5.84 Å². The van der Waals surface area contributed by atoms with Crippen LogP contribution in [0.5, 0.6) is 0 Å². The van der Waals surface area contributed by atoms with Crippen LogP contribution < -0.4 is 5.84 Å². The summed E-state index contributed by atoms with van der Waals surface area (Å²) in [5.74, 6) is 5.90. The van der Waals surface area contributed by atoms with Gasteiger partial charge in [0.25, 0.3) is 0 Å². The number of aromatic nitrogens is 3. The Labute approximate surface area is 166 Å². The Morgan fingerprint density at radius 2 is 1.86 bits per heavy atom. The molecular weight excluding hydrogens is 377 g/mol. The number of nitrogens with zero attached hydrogens (tertiary/aromatic N) is 4. The molecule has 4 rings (SSSR count). The van der Waals surface area contributed by atoms with Crippen molar-refractivity contribution in [1.29, 1.82) is 0 Å². The van der Waals surface area contributed by atoms with Gasteiger partial charge < -0.3 is 10.7 Å². The minimum Gasteiger partial charge on any atom is -0.337 e. The van der Waals surface area contributed by atoms with Gasteiger partial charge in [0.05, 0.1) is 10.8 Å². The summed E-state index contributed by atoms with van der Waals surface area (Å²) in [6.45, 7) is 3.12. The van der Waals surface area contributed by atoms with Crippen molar-refractivity contribution in [2.45, 2.75) is 30.3 Å². The normalized spacial score (nSPS) is 14.6. The predicted molar refractivity (Wildman–Crippen MR) is 106 cm³/mol. The Kier molecular flexibility index (Phi) is 5.04. The quantitative estimate of drug-likeness (QED) is 0.541. The van der Waals surface area contributed by atoms with Crippen LogP contribution in [0.1, 0.15) is 18.1 Å². The van der Waals surface area contributed by atoms with Crippen LogP contribution in [-0.4, -0.2) is 37.5 Å². The summed E-state index contributed by atoms with van der Waals surface area (Å²) < 4.78 is 15.2. The van der Waals surface area contributed by atoms with Crippen molar-refractivity contribution in [3.63, 3.8) is 0 Å². The minimum absolute atomic E-state index is 0.0231. The second-order valence-electron chi connectivity index (χ2n) is 6.69. The Morgan fingerprint density at radius 3 is 2.64 bits per heavy atom. The summed E-state index contributed by atoms with van der Waals surface area (Å²) in [7, 11) is 0. The molecule has 1 aliphatic heterocycles. The lowest BCUT2D eigenvalue weighted by molar-refractivity contribution is -0.131. The Morgan fingerprint density at radius 1 is 1.14 bits per heavy atom. The SMILES string of the molecule is C[C@H](Sc1nnc(-c2ccccc2F)n1N)C(=O)N1CCc2ccccc2C1. The Hall–Kier alpha value is -2.87. The predicted octanol–water partition coefficient (Wildman–Crippen LogP) is 2.86. The fourth-order valence-corrected chi connectivity index (χ4v) is 4.19. The molecule has 2 heterocycles. The van der Waals surface area contributed by atoms with Gasteiger partial charge in [-0.25, -0.2) is 9.07 Å². The molecule has 0 unspecified atom stereocenters.